The molecule has 0 atom stereocenters. The molecule has 6 nitrogen and oxygen atoms in total. The summed E-state index contributed by atoms with van der Waals surface area (Å²) in [7, 11) is 1.37. The van der Waals surface area contributed by atoms with Gasteiger partial charge in [0.05, 0.1) is 12.8 Å². The van der Waals surface area contributed by atoms with E-state index in [0.717, 1.165) is 0 Å². The van der Waals surface area contributed by atoms with Gasteiger partial charge in [-0.25, -0.2) is 9.82 Å². The van der Waals surface area contributed by atoms with Crippen molar-refractivity contribution in [2.75, 3.05) is 7.11 Å². The molecule has 0 unspecified atom stereocenters. The number of hydrogen-bond donors (Lipinski definition) is 2. The molecule has 0 spiro atoms. The molecule has 7 heteroatoms. The molecule has 0 radical (unpaired) electrons. The van der Waals surface area contributed by atoms with E-state index in [1.165, 1.54) is 19.2 Å². The molecule has 21 heavy (non-hydrogen) atoms. The summed E-state index contributed by atoms with van der Waals surface area (Å²) in [4.78, 5) is 22.8. The number of rotatable bonds is 4. The van der Waals surface area contributed by atoms with Gasteiger partial charge in [-0.05, 0) is 39.0 Å². The van der Waals surface area contributed by atoms with E-state index in [0.29, 0.717) is 11.3 Å². The third-order valence-corrected chi connectivity index (χ3v) is 2.52. The van der Waals surface area contributed by atoms with Gasteiger partial charge in [-0.1, -0.05) is 0 Å². The maximum atomic E-state index is 13.5. The summed E-state index contributed by atoms with van der Waals surface area (Å²) in [5.41, 5.74) is 2.95. The van der Waals surface area contributed by atoms with Crippen LogP contribution in [-0.2, 0) is 9.59 Å². The van der Waals surface area contributed by atoms with Gasteiger partial charge in [0.1, 0.15) is 0 Å². The highest BCUT2D eigenvalue weighted by Crippen LogP contribution is 2.17. The molecule has 1 aromatic rings. The van der Waals surface area contributed by atoms with Crippen LogP contribution in [0.2, 0.25) is 0 Å². The zero-order valence-corrected chi connectivity index (χ0v) is 12.4. The predicted molar refractivity (Wildman–Crippen MR) is 76.6 cm³/mol. The topological polar surface area (TPSA) is 79.8 Å². The summed E-state index contributed by atoms with van der Waals surface area (Å²) in [5.74, 6) is -2.07. The minimum atomic E-state index is -0.878. The van der Waals surface area contributed by atoms with Crippen LogP contribution in [0.3, 0.4) is 0 Å². The van der Waals surface area contributed by atoms with Gasteiger partial charge in [-0.3, -0.25) is 9.59 Å². The summed E-state index contributed by atoms with van der Waals surface area (Å²) in [6, 6.07) is 4.14. The van der Waals surface area contributed by atoms with E-state index in [-0.39, 0.29) is 11.8 Å². The van der Waals surface area contributed by atoms with Crippen LogP contribution in [0.15, 0.2) is 23.3 Å². The number of hydrazone groups is 1. The van der Waals surface area contributed by atoms with Gasteiger partial charge < -0.3 is 10.1 Å². The fourth-order valence-corrected chi connectivity index (χ4v) is 1.47. The molecule has 0 aliphatic rings. The molecule has 0 bridgehead atoms. The van der Waals surface area contributed by atoms with Gasteiger partial charge in [-0.15, -0.1) is 0 Å². The average Bonchev–Trinajstić information content (AvgIpc) is 2.43. The van der Waals surface area contributed by atoms with Crippen LogP contribution in [0.1, 0.15) is 26.3 Å². The quantitative estimate of drug-likeness (QED) is 0.497. The molecular formula is C14H18FN3O3. The Balaban J connectivity index is 2.75. The van der Waals surface area contributed by atoms with Gasteiger partial charge in [0.25, 0.3) is 0 Å². The first kappa shape index (κ1) is 16.6. The molecule has 0 aromatic heterocycles. The van der Waals surface area contributed by atoms with Crippen LogP contribution in [-0.4, -0.2) is 30.7 Å². The first-order valence-electron chi connectivity index (χ1n) is 6.34. The number of ether oxygens (including phenoxy) is 1. The van der Waals surface area contributed by atoms with E-state index in [1.807, 2.05) is 0 Å². The van der Waals surface area contributed by atoms with Crippen LogP contribution in [0.25, 0.3) is 0 Å². The minimum absolute atomic E-state index is 0.117. The maximum Gasteiger partial charge on any atom is 0.329 e. The highest BCUT2D eigenvalue weighted by atomic mass is 19.1. The second-order valence-corrected chi connectivity index (χ2v) is 4.62. The summed E-state index contributed by atoms with van der Waals surface area (Å²) in [5, 5.41) is 6.20. The van der Waals surface area contributed by atoms with Crippen molar-refractivity contribution < 1.29 is 18.7 Å². The van der Waals surface area contributed by atoms with E-state index in [4.69, 9.17) is 4.74 Å². The van der Waals surface area contributed by atoms with Crippen molar-refractivity contribution in [1.82, 2.24) is 10.7 Å². The lowest BCUT2D eigenvalue weighted by Crippen LogP contribution is -2.41. The lowest BCUT2D eigenvalue weighted by Gasteiger charge is -2.07. The number of methoxy groups -OCH3 is 1. The molecule has 1 aromatic carbocycles. The van der Waals surface area contributed by atoms with Crippen molar-refractivity contribution in [3.05, 3.63) is 29.6 Å². The molecule has 114 valence electrons. The van der Waals surface area contributed by atoms with Crippen molar-refractivity contribution in [3.63, 3.8) is 0 Å². The lowest BCUT2D eigenvalue weighted by molar-refractivity contribution is -0.139. The standard InChI is InChI=1S/C14H18FN3O3/c1-8(2)16-13(19)14(20)18-17-9(3)10-5-6-12(21-4)11(15)7-10/h5-8H,1-4H3,(H,16,19)(H,18,20)/b17-9-. The monoisotopic (exact) mass is 295 g/mol. The second-order valence-electron chi connectivity index (χ2n) is 4.62. The number of hydrogen-bond acceptors (Lipinski definition) is 4. The van der Waals surface area contributed by atoms with Gasteiger partial charge in [-0.2, -0.15) is 5.10 Å². The van der Waals surface area contributed by atoms with Crippen molar-refractivity contribution in [2.45, 2.75) is 26.8 Å². The molecule has 2 N–H and O–H groups in total. The normalized spacial score (nSPS) is 11.2. The third-order valence-electron chi connectivity index (χ3n) is 2.52. The molecule has 0 saturated heterocycles. The van der Waals surface area contributed by atoms with Crippen LogP contribution < -0.4 is 15.5 Å². The minimum Gasteiger partial charge on any atom is -0.494 e. The molecule has 0 saturated carbocycles. The summed E-state index contributed by atoms with van der Waals surface area (Å²) >= 11 is 0. The number of halogens is 1. The van der Waals surface area contributed by atoms with E-state index in [1.54, 1.807) is 26.8 Å². The first-order chi connectivity index (χ1) is 9.85. The Bertz CT molecular complexity index is 571. The van der Waals surface area contributed by atoms with Gasteiger partial charge in [0, 0.05) is 11.6 Å². The Labute approximate surface area is 122 Å². The lowest BCUT2D eigenvalue weighted by atomic mass is 10.1. The fraction of sp³-hybridized carbons (Fsp3) is 0.357. The SMILES string of the molecule is COc1ccc(/C(C)=N\NC(=O)C(=O)NC(C)C)cc1F. The first-order valence-corrected chi connectivity index (χ1v) is 6.34. The highest BCUT2D eigenvalue weighted by Gasteiger charge is 2.13. The molecule has 0 aliphatic carbocycles. The van der Waals surface area contributed by atoms with E-state index < -0.39 is 17.6 Å². The number of nitrogens with zero attached hydrogens (tertiary/aromatic N) is 1. The van der Waals surface area contributed by atoms with Gasteiger partial charge >= 0.3 is 11.8 Å². The summed E-state index contributed by atoms with van der Waals surface area (Å²) in [6.07, 6.45) is 0. The Morgan fingerprint density at radius 2 is 1.95 bits per heavy atom. The summed E-state index contributed by atoms with van der Waals surface area (Å²) < 4.78 is 18.4. The molecule has 0 heterocycles. The van der Waals surface area contributed by atoms with E-state index >= 15 is 0 Å². The van der Waals surface area contributed by atoms with Gasteiger partial charge in [0.2, 0.25) is 0 Å². The molecule has 0 aliphatic heterocycles. The Kier molecular flexibility index (Phi) is 5.83. The average molecular weight is 295 g/mol. The van der Waals surface area contributed by atoms with Crippen LogP contribution in [0.5, 0.6) is 5.75 Å². The van der Waals surface area contributed by atoms with Crippen molar-refractivity contribution in [3.8, 4) is 5.75 Å². The summed E-state index contributed by atoms with van der Waals surface area (Å²) in [6.45, 7) is 5.06. The second kappa shape index (κ2) is 7.37. The number of amides is 2. The number of benzene rings is 1. The van der Waals surface area contributed by atoms with E-state index in [2.05, 4.69) is 15.8 Å². The van der Waals surface area contributed by atoms with Crippen LogP contribution in [0, 0.1) is 5.82 Å². The fourth-order valence-electron chi connectivity index (χ4n) is 1.47. The van der Waals surface area contributed by atoms with Crippen molar-refractivity contribution in [2.24, 2.45) is 5.10 Å². The maximum absolute atomic E-state index is 13.5. The molecule has 0 fully saturated rings. The third kappa shape index (κ3) is 4.87. The smallest absolute Gasteiger partial charge is 0.329 e. The van der Waals surface area contributed by atoms with Crippen molar-refractivity contribution >= 4 is 17.5 Å². The molecule has 2 amide bonds. The molecular weight excluding hydrogens is 277 g/mol. The van der Waals surface area contributed by atoms with Crippen molar-refractivity contribution in [1.29, 1.82) is 0 Å². The Morgan fingerprint density at radius 3 is 2.48 bits per heavy atom. The number of carbonyl (C=O) groups is 2. The Morgan fingerprint density at radius 1 is 1.29 bits per heavy atom. The number of nitrogens with one attached hydrogen (secondary N) is 2. The molecule has 1 rings (SSSR count). The van der Waals surface area contributed by atoms with E-state index in [9.17, 15) is 14.0 Å². The zero-order valence-electron chi connectivity index (χ0n) is 12.4. The number of carbonyl (C=O) groups excluding carboxylic acids is 2. The van der Waals surface area contributed by atoms with Crippen LogP contribution >= 0.6 is 0 Å². The highest BCUT2D eigenvalue weighted by molar-refractivity contribution is 6.35. The predicted octanol–water partition coefficient (Wildman–Crippen LogP) is 1.20. The Hall–Kier alpha value is -2.44. The van der Waals surface area contributed by atoms with Gasteiger partial charge in [0.15, 0.2) is 11.6 Å². The largest absolute Gasteiger partial charge is 0.494 e. The van der Waals surface area contributed by atoms with Crippen LogP contribution in [0.4, 0.5) is 4.39 Å². The zero-order chi connectivity index (χ0) is 16.0.